The van der Waals surface area contributed by atoms with E-state index in [2.05, 4.69) is 31.4 Å². The van der Waals surface area contributed by atoms with Gasteiger partial charge in [-0.25, -0.2) is 0 Å². The van der Waals surface area contributed by atoms with Gasteiger partial charge in [0.05, 0.1) is 0 Å². The van der Waals surface area contributed by atoms with E-state index >= 15 is 0 Å². The van der Waals surface area contributed by atoms with Crippen LogP contribution in [0.2, 0.25) is 0 Å². The molecule has 1 heterocycles. The van der Waals surface area contributed by atoms with Gasteiger partial charge in [0.25, 0.3) is 0 Å². The summed E-state index contributed by atoms with van der Waals surface area (Å²) < 4.78 is 0. The van der Waals surface area contributed by atoms with Crippen molar-refractivity contribution >= 4 is 0 Å². The zero-order valence-electron chi connectivity index (χ0n) is 7.91. The van der Waals surface area contributed by atoms with Gasteiger partial charge >= 0.3 is 0 Å². The van der Waals surface area contributed by atoms with Crippen LogP contribution in [0.25, 0.3) is 0 Å². The highest BCUT2D eigenvalue weighted by Gasteiger charge is 2.16. The van der Waals surface area contributed by atoms with E-state index in [4.69, 9.17) is 0 Å². The average molecular weight is 156 g/mol. The van der Waals surface area contributed by atoms with Crippen LogP contribution in [0.3, 0.4) is 0 Å². The quantitative estimate of drug-likeness (QED) is 0.623. The van der Waals surface area contributed by atoms with Gasteiger partial charge in [-0.05, 0) is 52.7 Å². The lowest BCUT2D eigenvalue weighted by atomic mass is 10.1. The van der Waals surface area contributed by atoms with Crippen LogP contribution in [-0.2, 0) is 0 Å². The summed E-state index contributed by atoms with van der Waals surface area (Å²) in [7, 11) is 0. The smallest absolute Gasteiger partial charge is 0.00966 e. The first-order valence-electron chi connectivity index (χ1n) is 4.54. The molecule has 1 aliphatic heterocycles. The fourth-order valence-corrected chi connectivity index (χ4v) is 1.34. The summed E-state index contributed by atoms with van der Waals surface area (Å²) in [5.41, 5.74) is 0.280. The van der Waals surface area contributed by atoms with Crippen molar-refractivity contribution in [3.05, 3.63) is 0 Å². The van der Waals surface area contributed by atoms with Crippen molar-refractivity contribution < 1.29 is 0 Å². The molecule has 1 fully saturated rings. The van der Waals surface area contributed by atoms with Gasteiger partial charge in [-0.2, -0.15) is 0 Å². The number of nitrogens with one attached hydrogen (secondary N) is 2. The van der Waals surface area contributed by atoms with E-state index in [1.54, 1.807) is 0 Å². The van der Waals surface area contributed by atoms with Crippen molar-refractivity contribution in [1.29, 1.82) is 0 Å². The van der Waals surface area contributed by atoms with Gasteiger partial charge in [-0.1, -0.05) is 0 Å². The van der Waals surface area contributed by atoms with Crippen molar-refractivity contribution in [2.45, 2.75) is 32.7 Å². The fourth-order valence-electron chi connectivity index (χ4n) is 1.34. The third-order valence-electron chi connectivity index (χ3n) is 2.08. The molecule has 0 aromatic carbocycles. The molecular formula is C9H20N2. The van der Waals surface area contributed by atoms with Crippen LogP contribution in [-0.4, -0.2) is 25.2 Å². The Labute approximate surface area is 69.8 Å². The topological polar surface area (TPSA) is 24.1 Å². The van der Waals surface area contributed by atoms with Crippen molar-refractivity contribution in [2.75, 3.05) is 19.6 Å². The molecule has 0 aromatic heterocycles. The standard InChI is InChI=1S/C9H20N2/c1-9(2,3)11-7-8-4-5-10-6-8/h8,10-11H,4-7H2,1-3H3/t8-/m1/s1. The van der Waals surface area contributed by atoms with E-state index in [1.807, 2.05) is 0 Å². The summed E-state index contributed by atoms with van der Waals surface area (Å²) in [4.78, 5) is 0. The van der Waals surface area contributed by atoms with E-state index in [0.717, 1.165) is 12.5 Å². The summed E-state index contributed by atoms with van der Waals surface area (Å²) in [6.07, 6.45) is 1.34. The Morgan fingerprint density at radius 3 is 2.64 bits per heavy atom. The van der Waals surface area contributed by atoms with Gasteiger partial charge in [0.1, 0.15) is 0 Å². The van der Waals surface area contributed by atoms with E-state index in [1.165, 1.54) is 19.5 Å². The van der Waals surface area contributed by atoms with Gasteiger partial charge in [0, 0.05) is 5.54 Å². The molecule has 2 nitrogen and oxygen atoms in total. The van der Waals surface area contributed by atoms with E-state index in [0.29, 0.717) is 0 Å². The Morgan fingerprint density at radius 2 is 2.18 bits per heavy atom. The lowest BCUT2D eigenvalue weighted by molar-refractivity contribution is 0.382. The maximum absolute atomic E-state index is 3.52. The average Bonchev–Trinajstić information content (AvgIpc) is 2.32. The Bertz CT molecular complexity index is 109. The van der Waals surface area contributed by atoms with Gasteiger partial charge in [-0.15, -0.1) is 0 Å². The summed E-state index contributed by atoms with van der Waals surface area (Å²) >= 11 is 0. The van der Waals surface area contributed by atoms with E-state index in [9.17, 15) is 0 Å². The molecule has 11 heavy (non-hydrogen) atoms. The second kappa shape index (κ2) is 3.55. The minimum absolute atomic E-state index is 0.280. The molecule has 1 rings (SSSR count). The number of rotatable bonds is 2. The van der Waals surface area contributed by atoms with Gasteiger partial charge in [-0.3, -0.25) is 0 Å². The molecule has 1 saturated heterocycles. The first-order chi connectivity index (χ1) is 5.08. The Balaban J connectivity index is 2.11. The Hall–Kier alpha value is -0.0800. The fraction of sp³-hybridized carbons (Fsp3) is 1.00. The molecule has 1 atom stereocenters. The maximum atomic E-state index is 3.52. The van der Waals surface area contributed by atoms with Crippen molar-refractivity contribution in [3.63, 3.8) is 0 Å². The molecule has 66 valence electrons. The monoisotopic (exact) mass is 156 g/mol. The van der Waals surface area contributed by atoms with Crippen molar-refractivity contribution in [3.8, 4) is 0 Å². The highest BCUT2D eigenvalue weighted by atomic mass is 15.0. The van der Waals surface area contributed by atoms with Crippen LogP contribution in [0.15, 0.2) is 0 Å². The molecule has 0 spiro atoms. The van der Waals surface area contributed by atoms with Crippen LogP contribution in [0.1, 0.15) is 27.2 Å². The molecule has 2 heteroatoms. The van der Waals surface area contributed by atoms with Gasteiger partial charge in [0.2, 0.25) is 0 Å². The summed E-state index contributed by atoms with van der Waals surface area (Å²) in [6.45, 7) is 10.2. The molecule has 0 radical (unpaired) electrons. The molecule has 0 amide bonds. The molecular weight excluding hydrogens is 136 g/mol. The van der Waals surface area contributed by atoms with E-state index in [-0.39, 0.29) is 5.54 Å². The first-order valence-corrected chi connectivity index (χ1v) is 4.54. The molecule has 0 bridgehead atoms. The van der Waals surface area contributed by atoms with Crippen LogP contribution in [0.4, 0.5) is 0 Å². The lowest BCUT2D eigenvalue weighted by Crippen LogP contribution is -2.39. The van der Waals surface area contributed by atoms with Crippen molar-refractivity contribution in [1.82, 2.24) is 10.6 Å². The highest BCUT2D eigenvalue weighted by molar-refractivity contribution is 4.77. The highest BCUT2D eigenvalue weighted by Crippen LogP contribution is 2.07. The molecule has 1 aliphatic rings. The molecule has 0 unspecified atom stereocenters. The predicted molar refractivity (Wildman–Crippen MR) is 48.7 cm³/mol. The van der Waals surface area contributed by atoms with E-state index < -0.39 is 0 Å². The third-order valence-corrected chi connectivity index (χ3v) is 2.08. The lowest BCUT2D eigenvalue weighted by Gasteiger charge is -2.22. The molecule has 2 N–H and O–H groups in total. The number of hydrogen-bond acceptors (Lipinski definition) is 2. The second-order valence-corrected chi connectivity index (χ2v) is 4.49. The van der Waals surface area contributed by atoms with Gasteiger partial charge < -0.3 is 10.6 Å². The summed E-state index contributed by atoms with van der Waals surface area (Å²) in [6, 6.07) is 0. The minimum atomic E-state index is 0.280. The second-order valence-electron chi connectivity index (χ2n) is 4.49. The summed E-state index contributed by atoms with van der Waals surface area (Å²) in [5.74, 6) is 0.856. The Kier molecular flexibility index (Phi) is 2.90. The molecule has 0 aromatic rings. The van der Waals surface area contributed by atoms with Crippen LogP contribution in [0, 0.1) is 5.92 Å². The predicted octanol–water partition coefficient (Wildman–Crippen LogP) is 0.984. The SMILES string of the molecule is CC(C)(C)NC[C@@H]1CCNC1. The summed E-state index contributed by atoms with van der Waals surface area (Å²) in [5, 5.41) is 6.89. The first kappa shape index (κ1) is 9.01. The minimum Gasteiger partial charge on any atom is -0.316 e. The Morgan fingerprint density at radius 1 is 1.45 bits per heavy atom. The van der Waals surface area contributed by atoms with Crippen LogP contribution in [0.5, 0.6) is 0 Å². The maximum Gasteiger partial charge on any atom is 0.00966 e. The molecule has 0 saturated carbocycles. The molecule has 0 aliphatic carbocycles. The van der Waals surface area contributed by atoms with Crippen LogP contribution < -0.4 is 10.6 Å². The largest absolute Gasteiger partial charge is 0.316 e. The zero-order chi connectivity index (χ0) is 8.32. The zero-order valence-corrected chi connectivity index (χ0v) is 7.91. The number of hydrogen-bond donors (Lipinski definition) is 2. The van der Waals surface area contributed by atoms with Crippen molar-refractivity contribution in [2.24, 2.45) is 5.92 Å². The third kappa shape index (κ3) is 3.73. The normalized spacial score (nSPS) is 25.9. The van der Waals surface area contributed by atoms with Gasteiger partial charge in [0.15, 0.2) is 0 Å². The van der Waals surface area contributed by atoms with Crippen LogP contribution >= 0.6 is 0 Å².